The normalized spacial score (nSPS) is 13.7. The first kappa shape index (κ1) is 22.7. The van der Waals surface area contributed by atoms with E-state index in [4.69, 9.17) is 2.74 Å². The molecule has 0 aliphatic rings. The lowest BCUT2D eigenvalue weighted by Gasteiger charge is -2.14. The Morgan fingerprint density at radius 3 is 1.90 bits per heavy atom. The fourth-order valence-corrected chi connectivity index (χ4v) is 7.96. The molecule has 0 N–H and O–H groups in total. The van der Waals surface area contributed by atoms with Gasteiger partial charge in [-0.3, -0.25) is 0 Å². The van der Waals surface area contributed by atoms with E-state index in [0.717, 1.165) is 60.2 Å². The first-order valence-electron chi connectivity index (χ1n) is 20.9. The Bertz CT molecular complexity index is 3570. The number of hydrogen-bond acceptors (Lipinski definition) is 0. The van der Waals surface area contributed by atoms with E-state index < -0.39 is 12.1 Å². The zero-order chi connectivity index (χ0) is 40.3. The molecule has 0 atom stereocenters. The summed E-state index contributed by atoms with van der Waals surface area (Å²) < 4.78 is 69.2. The van der Waals surface area contributed by atoms with Crippen LogP contribution in [0.2, 0.25) is 0 Å². The highest BCUT2D eigenvalue weighted by atomic mass is 15.0. The summed E-state index contributed by atoms with van der Waals surface area (Å²) >= 11 is 0. The van der Waals surface area contributed by atoms with Crippen molar-refractivity contribution >= 4 is 65.2 Å². The van der Waals surface area contributed by atoms with Crippen LogP contribution in [0.4, 0.5) is 0 Å². The zero-order valence-corrected chi connectivity index (χ0v) is 27.8. The Morgan fingerprint density at radius 2 is 1.04 bits per heavy atom. The van der Waals surface area contributed by atoms with Crippen molar-refractivity contribution in [3.63, 3.8) is 0 Å². The maximum atomic E-state index is 9.92. The van der Waals surface area contributed by atoms with Crippen LogP contribution in [0.25, 0.3) is 98.8 Å². The minimum Gasteiger partial charge on any atom is -0.309 e. The predicted octanol–water partition coefficient (Wildman–Crippen LogP) is 13.5. The van der Waals surface area contributed by atoms with Crippen molar-refractivity contribution in [1.29, 1.82) is 0 Å². The summed E-state index contributed by atoms with van der Waals surface area (Å²) in [4.78, 5) is 0. The topological polar surface area (TPSA) is 9.86 Å². The van der Waals surface area contributed by atoms with E-state index in [1.54, 1.807) is 4.57 Å². The maximum absolute atomic E-state index is 9.92. The lowest BCUT2D eigenvalue weighted by Crippen LogP contribution is -1.96. The van der Waals surface area contributed by atoms with Gasteiger partial charge in [0.05, 0.1) is 37.3 Å². The van der Waals surface area contributed by atoms with Gasteiger partial charge in [-0.25, -0.2) is 0 Å². The SMILES string of the molecule is [2H]c1c([2H])c([2H])c2c(c1[2H])c1c([2H])c(-c3ccc4c(c3)c3ccc(-c5ccccc5)cc3n4-c3ccccc3)c([2H])c([2H])c1n2-c1cc2ccccc2c2ccccc12. The second kappa shape index (κ2) is 11.3. The molecule has 2 aromatic heterocycles. The summed E-state index contributed by atoms with van der Waals surface area (Å²) in [6.45, 7) is 0. The van der Waals surface area contributed by atoms with Crippen molar-refractivity contribution in [2.75, 3.05) is 0 Å². The van der Waals surface area contributed by atoms with Gasteiger partial charge in [-0.15, -0.1) is 0 Å². The molecule has 0 aliphatic heterocycles. The highest BCUT2D eigenvalue weighted by Gasteiger charge is 2.18. The largest absolute Gasteiger partial charge is 0.309 e. The molecule has 0 unspecified atom stereocenters. The molecule has 2 heterocycles. The summed E-state index contributed by atoms with van der Waals surface area (Å²) in [5.74, 6) is 0. The lowest BCUT2D eigenvalue weighted by atomic mass is 9.99. The summed E-state index contributed by atoms with van der Waals surface area (Å²) in [5.41, 5.74) is 6.87. The molecule has 242 valence electrons. The molecule has 0 aliphatic carbocycles. The van der Waals surface area contributed by atoms with Crippen molar-refractivity contribution in [2.45, 2.75) is 0 Å². The number of para-hydroxylation sites is 2. The summed E-state index contributed by atoms with van der Waals surface area (Å²) in [6, 6.07) is 48.7. The average molecular weight is 668 g/mol. The lowest BCUT2D eigenvalue weighted by molar-refractivity contribution is 1.18. The van der Waals surface area contributed by atoms with Crippen LogP contribution in [0, 0.1) is 0 Å². The van der Waals surface area contributed by atoms with Crippen molar-refractivity contribution < 1.29 is 9.60 Å². The molecule has 0 radical (unpaired) electrons. The Balaban J connectivity index is 1.24. The van der Waals surface area contributed by atoms with Crippen molar-refractivity contribution in [2.24, 2.45) is 0 Å². The summed E-state index contributed by atoms with van der Waals surface area (Å²) in [6.07, 6.45) is 0. The van der Waals surface area contributed by atoms with Gasteiger partial charge in [0.15, 0.2) is 0 Å². The van der Waals surface area contributed by atoms with Gasteiger partial charge in [-0.05, 0) is 92.9 Å². The van der Waals surface area contributed by atoms with E-state index in [0.29, 0.717) is 11.3 Å². The van der Waals surface area contributed by atoms with Crippen LogP contribution in [-0.4, -0.2) is 9.13 Å². The molecular weight excluding hydrogens is 629 g/mol. The molecule has 2 heteroatoms. The van der Waals surface area contributed by atoms with E-state index in [1.807, 2.05) is 109 Å². The van der Waals surface area contributed by atoms with Gasteiger partial charge in [0.25, 0.3) is 0 Å². The molecule has 0 bridgehead atoms. The highest BCUT2D eigenvalue weighted by molar-refractivity contribution is 6.16. The second-order valence-electron chi connectivity index (χ2n) is 13.2. The van der Waals surface area contributed by atoms with Crippen molar-refractivity contribution in [3.05, 3.63) is 194 Å². The zero-order valence-electron chi connectivity index (χ0n) is 34.8. The molecule has 11 aromatic rings. The number of aromatic nitrogens is 2. The predicted molar refractivity (Wildman–Crippen MR) is 221 cm³/mol. The van der Waals surface area contributed by atoms with Gasteiger partial charge in [-0.1, -0.05) is 139 Å². The Kier molecular flexibility index (Phi) is 4.95. The molecule has 0 amide bonds. The summed E-state index contributed by atoms with van der Waals surface area (Å²) in [7, 11) is 0. The van der Waals surface area contributed by atoms with Crippen LogP contribution < -0.4 is 0 Å². The number of fused-ring (bicyclic) bond motifs is 9. The standard InChI is InChI=1S/C50H32N2/c1-3-13-33(14-4-1)36-23-26-43-45-30-34(24-27-47(45)51(49(43)31-36)38-16-5-2-6-17-38)35-25-28-48-44(29-35)42-21-11-12-22-46(42)52(48)50-32-37-15-7-8-18-39(37)40-19-9-10-20-41(40)50/h1-32H/i11D,12D,21D,22D,25D,28D,29D. The third kappa shape index (κ3) is 4.31. The molecular formula is C50H32N2. The van der Waals surface area contributed by atoms with E-state index in [9.17, 15) is 6.85 Å². The van der Waals surface area contributed by atoms with Crippen LogP contribution in [0.15, 0.2) is 194 Å². The van der Waals surface area contributed by atoms with Crippen LogP contribution >= 0.6 is 0 Å². The van der Waals surface area contributed by atoms with Gasteiger partial charge >= 0.3 is 0 Å². The van der Waals surface area contributed by atoms with Crippen molar-refractivity contribution in [1.82, 2.24) is 9.13 Å². The summed E-state index contributed by atoms with van der Waals surface area (Å²) in [5, 5.41) is 5.95. The number of benzene rings is 9. The van der Waals surface area contributed by atoms with Gasteiger partial charge in [0, 0.05) is 32.6 Å². The van der Waals surface area contributed by atoms with E-state index in [-0.39, 0.29) is 57.6 Å². The molecule has 9 aromatic carbocycles. The average Bonchev–Trinajstić information content (AvgIpc) is 3.81. The Labute approximate surface area is 310 Å². The molecule has 0 saturated carbocycles. The van der Waals surface area contributed by atoms with Crippen molar-refractivity contribution in [3.8, 4) is 33.6 Å². The van der Waals surface area contributed by atoms with Gasteiger partial charge < -0.3 is 9.13 Å². The minimum atomic E-state index is -0.419. The smallest absolute Gasteiger partial charge is 0.0645 e. The van der Waals surface area contributed by atoms with Crippen LogP contribution in [0.3, 0.4) is 0 Å². The highest BCUT2D eigenvalue weighted by Crippen LogP contribution is 2.41. The van der Waals surface area contributed by atoms with E-state index >= 15 is 0 Å². The Hall–Kier alpha value is -6.90. The van der Waals surface area contributed by atoms with Gasteiger partial charge in [0.2, 0.25) is 0 Å². The third-order valence-corrected chi connectivity index (χ3v) is 10.3. The Morgan fingerprint density at radius 1 is 0.346 bits per heavy atom. The number of nitrogens with zero attached hydrogens (tertiary/aromatic N) is 2. The second-order valence-corrected chi connectivity index (χ2v) is 13.2. The van der Waals surface area contributed by atoms with Crippen LogP contribution in [-0.2, 0) is 0 Å². The van der Waals surface area contributed by atoms with Crippen LogP contribution in [0.1, 0.15) is 9.60 Å². The number of rotatable bonds is 4. The molecule has 11 rings (SSSR count). The van der Waals surface area contributed by atoms with E-state index in [2.05, 4.69) is 47.0 Å². The van der Waals surface area contributed by atoms with Crippen LogP contribution in [0.5, 0.6) is 0 Å². The quantitative estimate of drug-likeness (QED) is 0.165. The molecule has 0 fully saturated rings. The van der Waals surface area contributed by atoms with Gasteiger partial charge in [-0.2, -0.15) is 0 Å². The molecule has 52 heavy (non-hydrogen) atoms. The third-order valence-electron chi connectivity index (χ3n) is 10.3. The molecule has 0 saturated heterocycles. The monoisotopic (exact) mass is 667 g/mol. The van der Waals surface area contributed by atoms with E-state index in [1.165, 1.54) is 0 Å². The van der Waals surface area contributed by atoms with Gasteiger partial charge in [0.1, 0.15) is 0 Å². The fraction of sp³-hybridized carbons (Fsp3) is 0. The number of hydrogen-bond donors (Lipinski definition) is 0. The minimum absolute atomic E-state index is 0.0719. The fourth-order valence-electron chi connectivity index (χ4n) is 7.96. The molecule has 2 nitrogen and oxygen atoms in total. The maximum Gasteiger partial charge on any atom is 0.0645 e. The molecule has 0 spiro atoms. The first-order valence-corrected chi connectivity index (χ1v) is 17.4. The first-order chi connectivity index (χ1) is 28.7.